The highest BCUT2D eigenvalue weighted by atomic mass is 16.7. The summed E-state index contributed by atoms with van der Waals surface area (Å²) >= 11 is 0. The molecule has 0 amide bonds. The molecule has 17 heavy (non-hydrogen) atoms. The molecule has 3 rings (SSSR count). The Morgan fingerprint density at radius 1 is 0.882 bits per heavy atom. The first-order valence-electron chi connectivity index (χ1n) is 6.80. The Labute approximate surface area is 103 Å². The predicted octanol–water partition coefficient (Wildman–Crippen LogP) is 2.33. The van der Waals surface area contributed by atoms with E-state index in [1.54, 1.807) is 0 Å². The minimum Gasteiger partial charge on any atom is -0.390 e. The van der Waals surface area contributed by atoms with E-state index in [1.807, 2.05) is 6.92 Å². The van der Waals surface area contributed by atoms with Crippen LogP contribution in [0.5, 0.6) is 0 Å². The Bertz CT molecular complexity index is 293. The molecule has 98 valence electrons. The van der Waals surface area contributed by atoms with Crippen molar-refractivity contribution in [1.82, 2.24) is 0 Å². The van der Waals surface area contributed by atoms with Gasteiger partial charge in [0.05, 0.1) is 18.8 Å². The molecule has 0 unspecified atom stereocenters. The molecule has 1 aliphatic heterocycles. The minimum absolute atomic E-state index is 0.147. The summed E-state index contributed by atoms with van der Waals surface area (Å²) in [6.45, 7) is 7.91. The van der Waals surface area contributed by atoms with Gasteiger partial charge in [-0.15, -0.1) is 0 Å². The lowest BCUT2D eigenvalue weighted by atomic mass is 9.93. The lowest BCUT2D eigenvalue weighted by Gasteiger charge is -2.42. The number of ether oxygens (including phenoxy) is 2. The average molecular weight is 240 g/mol. The van der Waals surface area contributed by atoms with Crippen LogP contribution in [-0.4, -0.2) is 29.7 Å². The zero-order chi connectivity index (χ0) is 12.3. The van der Waals surface area contributed by atoms with Crippen molar-refractivity contribution in [2.24, 2.45) is 17.3 Å². The highest BCUT2D eigenvalue weighted by molar-refractivity contribution is 5.01. The SMILES string of the molecule is CC1(C)COC2(C[C@@H]3C[C@](C)(O)C[C@@H]3C2)OC1. The molecule has 2 saturated carbocycles. The van der Waals surface area contributed by atoms with Crippen LogP contribution in [0, 0.1) is 17.3 Å². The van der Waals surface area contributed by atoms with Gasteiger partial charge >= 0.3 is 0 Å². The second-order valence-corrected chi connectivity index (χ2v) is 7.49. The van der Waals surface area contributed by atoms with Crippen molar-refractivity contribution < 1.29 is 14.6 Å². The van der Waals surface area contributed by atoms with Gasteiger partial charge in [-0.2, -0.15) is 0 Å². The molecule has 0 radical (unpaired) electrons. The van der Waals surface area contributed by atoms with Crippen LogP contribution in [0.25, 0.3) is 0 Å². The van der Waals surface area contributed by atoms with E-state index in [2.05, 4.69) is 13.8 Å². The average Bonchev–Trinajstić information content (AvgIpc) is 2.62. The van der Waals surface area contributed by atoms with Crippen LogP contribution in [-0.2, 0) is 9.47 Å². The molecule has 3 aliphatic rings. The molecule has 0 aromatic heterocycles. The van der Waals surface area contributed by atoms with Crippen molar-refractivity contribution in [3.05, 3.63) is 0 Å². The lowest BCUT2D eigenvalue weighted by molar-refractivity contribution is -0.298. The molecule has 1 spiro atoms. The van der Waals surface area contributed by atoms with E-state index >= 15 is 0 Å². The number of fused-ring (bicyclic) bond motifs is 1. The molecule has 3 atom stereocenters. The largest absolute Gasteiger partial charge is 0.390 e. The van der Waals surface area contributed by atoms with Crippen LogP contribution in [0.1, 0.15) is 46.5 Å². The van der Waals surface area contributed by atoms with Gasteiger partial charge in [0.15, 0.2) is 5.79 Å². The fourth-order valence-electron chi connectivity index (χ4n) is 3.88. The Morgan fingerprint density at radius 2 is 1.35 bits per heavy atom. The Morgan fingerprint density at radius 3 is 1.82 bits per heavy atom. The summed E-state index contributed by atoms with van der Waals surface area (Å²) < 4.78 is 12.1. The van der Waals surface area contributed by atoms with Gasteiger partial charge in [0, 0.05) is 18.3 Å². The zero-order valence-corrected chi connectivity index (χ0v) is 11.2. The third-order valence-electron chi connectivity index (χ3n) is 4.67. The molecule has 3 nitrogen and oxygen atoms in total. The van der Waals surface area contributed by atoms with Crippen molar-refractivity contribution in [3.8, 4) is 0 Å². The summed E-state index contributed by atoms with van der Waals surface area (Å²) in [5, 5.41) is 10.1. The molecule has 2 aliphatic carbocycles. The monoisotopic (exact) mass is 240 g/mol. The van der Waals surface area contributed by atoms with E-state index in [0.717, 1.165) is 38.9 Å². The van der Waals surface area contributed by atoms with Gasteiger partial charge in [-0.1, -0.05) is 13.8 Å². The summed E-state index contributed by atoms with van der Waals surface area (Å²) in [7, 11) is 0. The summed E-state index contributed by atoms with van der Waals surface area (Å²) in [6, 6.07) is 0. The third-order valence-corrected chi connectivity index (χ3v) is 4.67. The van der Waals surface area contributed by atoms with Crippen molar-refractivity contribution in [2.45, 2.75) is 57.8 Å². The topological polar surface area (TPSA) is 38.7 Å². The Kier molecular flexibility index (Phi) is 2.43. The van der Waals surface area contributed by atoms with Crippen LogP contribution in [0.2, 0.25) is 0 Å². The molecule has 1 heterocycles. The van der Waals surface area contributed by atoms with E-state index in [4.69, 9.17) is 9.47 Å². The molecular weight excluding hydrogens is 216 g/mol. The van der Waals surface area contributed by atoms with Gasteiger partial charge in [0.25, 0.3) is 0 Å². The van der Waals surface area contributed by atoms with E-state index in [1.165, 1.54) is 0 Å². The predicted molar refractivity (Wildman–Crippen MR) is 64.5 cm³/mol. The molecule has 0 bridgehead atoms. The van der Waals surface area contributed by atoms with E-state index in [9.17, 15) is 5.11 Å². The van der Waals surface area contributed by atoms with E-state index < -0.39 is 5.60 Å². The number of rotatable bonds is 0. The fraction of sp³-hybridized carbons (Fsp3) is 1.00. The molecule has 0 aromatic rings. The van der Waals surface area contributed by atoms with Crippen LogP contribution in [0.15, 0.2) is 0 Å². The molecule has 1 N–H and O–H groups in total. The lowest BCUT2D eigenvalue weighted by Crippen LogP contribution is -2.46. The molecule has 1 saturated heterocycles. The zero-order valence-electron chi connectivity index (χ0n) is 11.2. The van der Waals surface area contributed by atoms with Gasteiger partial charge < -0.3 is 14.6 Å². The van der Waals surface area contributed by atoms with Crippen LogP contribution < -0.4 is 0 Å². The third kappa shape index (κ3) is 2.13. The first-order valence-corrected chi connectivity index (χ1v) is 6.80. The maximum atomic E-state index is 10.1. The van der Waals surface area contributed by atoms with Crippen LogP contribution in [0.4, 0.5) is 0 Å². The van der Waals surface area contributed by atoms with E-state index in [-0.39, 0.29) is 11.2 Å². The first kappa shape index (κ1) is 11.9. The number of aliphatic hydroxyl groups is 1. The minimum atomic E-state index is -0.453. The van der Waals surface area contributed by atoms with Gasteiger partial charge in [-0.05, 0) is 31.6 Å². The molecule has 3 fully saturated rings. The van der Waals surface area contributed by atoms with Crippen LogP contribution in [0.3, 0.4) is 0 Å². The molecule has 3 heteroatoms. The number of hydrogen-bond acceptors (Lipinski definition) is 3. The Hall–Kier alpha value is -0.120. The highest BCUT2D eigenvalue weighted by Gasteiger charge is 2.55. The van der Waals surface area contributed by atoms with Crippen molar-refractivity contribution in [3.63, 3.8) is 0 Å². The second kappa shape index (κ2) is 3.46. The van der Waals surface area contributed by atoms with Gasteiger partial charge in [0.1, 0.15) is 0 Å². The maximum absolute atomic E-state index is 10.1. The first-order chi connectivity index (χ1) is 7.79. The van der Waals surface area contributed by atoms with Crippen molar-refractivity contribution in [2.75, 3.05) is 13.2 Å². The summed E-state index contributed by atoms with van der Waals surface area (Å²) in [5.74, 6) is 0.860. The van der Waals surface area contributed by atoms with Crippen LogP contribution >= 0.6 is 0 Å². The second-order valence-electron chi connectivity index (χ2n) is 7.49. The van der Waals surface area contributed by atoms with Gasteiger partial charge in [-0.25, -0.2) is 0 Å². The van der Waals surface area contributed by atoms with Gasteiger partial charge in [-0.3, -0.25) is 0 Å². The fourth-order valence-corrected chi connectivity index (χ4v) is 3.88. The van der Waals surface area contributed by atoms with Crippen molar-refractivity contribution in [1.29, 1.82) is 0 Å². The van der Waals surface area contributed by atoms with Crippen molar-refractivity contribution >= 4 is 0 Å². The molecular formula is C14H24O3. The summed E-state index contributed by atoms with van der Waals surface area (Å²) in [6.07, 6.45) is 3.78. The normalized spacial score (nSPS) is 47.3. The quantitative estimate of drug-likeness (QED) is 0.706. The van der Waals surface area contributed by atoms with Gasteiger partial charge in [0.2, 0.25) is 0 Å². The Balaban J connectivity index is 1.67. The number of hydrogen-bond donors (Lipinski definition) is 1. The summed E-state index contributed by atoms with van der Waals surface area (Å²) in [4.78, 5) is 0. The smallest absolute Gasteiger partial charge is 0.168 e. The summed E-state index contributed by atoms with van der Waals surface area (Å²) in [5.41, 5.74) is -0.306. The molecule has 0 aromatic carbocycles. The standard InChI is InChI=1S/C14H24O3/c1-12(2)8-16-14(17-9-12)6-10-4-13(3,15)5-11(10)7-14/h10-11,15H,4-9H2,1-3H3/t10-,11+,13-. The highest BCUT2D eigenvalue weighted by Crippen LogP contribution is 2.55. The maximum Gasteiger partial charge on any atom is 0.168 e. The van der Waals surface area contributed by atoms with E-state index in [0.29, 0.717) is 11.8 Å².